The van der Waals surface area contributed by atoms with Gasteiger partial charge in [-0.3, -0.25) is 9.59 Å². The quantitative estimate of drug-likeness (QED) is 0.907. The molecule has 0 saturated carbocycles. The second kappa shape index (κ2) is 6.87. The van der Waals surface area contributed by atoms with Gasteiger partial charge in [-0.1, -0.05) is 30.3 Å². The van der Waals surface area contributed by atoms with E-state index >= 15 is 0 Å². The lowest BCUT2D eigenvalue weighted by atomic mass is 9.82. The summed E-state index contributed by atoms with van der Waals surface area (Å²) in [5.41, 5.74) is 9.93. The van der Waals surface area contributed by atoms with E-state index in [1.54, 1.807) is 25.1 Å². The van der Waals surface area contributed by atoms with Crippen molar-refractivity contribution in [3.05, 3.63) is 64.7 Å². The molecule has 1 aliphatic rings. The lowest BCUT2D eigenvalue weighted by Crippen LogP contribution is -2.22. The van der Waals surface area contributed by atoms with E-state index in [4.69, 9.17) is 5.73 Å². The molecule has 0 spiro atoms. The Labute approximate surface area is 142 Å². The third kappa shape index (κ3) is 3.48. The number of primary amides is 1. The maximum absolute atomic E-state index is 12.4. The van der Waals surface area contributed by atoms with Gasteiger partial charge < -0.3 is 11.1 Å². The first-order valence-corrected chi connectivity index (χ1v) is 8.30. The Kier molecular flexibility index (Phi) is 4.65. The minimum absolute atomic E-state index is 0.0101. The fraction of sp³-hybridized carbons (Fsp3) is 0.300. The Balaban J connectivity index is 1.65. The number of anilines is 1. The first-order chi connectivity index (χ1) is 11.5. The standard InChI is InChI=1S/C20H22N2O2/c1-13-17(20(21)24)7-4-8-18(13)22-19(23)12-14-9-10-15-5-2-3-6-16(15)11-14/h2-8,14H,9-12H2,1H3,(H2,21,24)(H,22,23)/t14-/m0/s1. The van der Waals surface area contributed by atoms with Crippen LogP contribution in [0.3, 0.4) is 0 Å². The average molecular weight is 322 g/mol. The van der Waals surface area contributed by atoms with Gasteiger partial charge in [-0.2, -0.15) is 0 Å². The predicted octanol–water partition coefficient (Wildman–Crippen LogP) is 3.23. The molecule has 4 nitrogen and oxygen atoms in total. The van der Waals surface area contributed by atoms with E-state index in [9.17, 15) is 9.59 Å². The number of nitrogens with two attached hydrogens (primary N) is 1. The van der Waals surface area contributed by atoms with Crippen molar-refractivity contribution in [2.75, 3.05) is 5.32 Å². The number of aryl methyl sites for hydroxylation is 1. The number of benzene rings is 2. The summed E-state index contributed by atoms with van der Waals surface area (Å²) < 4.78 is 0. The van der Waals surface area contributed by atoms with E-state index in [1.165, 1.54) is 11.1 Å². The molecule has 1 aliphatic carbocycles. The molecular weight excluding hydrogens is 300 g/mol. The zero-order valence-corrected chi connectivity index (χ0v) is 13.8. The van der Waals surface area contributed by atoms with Gasteiger partial charge in [0.2, 0.25) is 11.8 Å². The van der Waals surface area contributed by atoms with Gasteiger partial charge in [0.05, 0.1) is 0 Å². The molecule has 0 heterocycles. The normalized spacial score (nSPS) is 16.3. The molecule has 0 radical (unpaired) electrons. The SMILES string of the molecule is Cc1c(NC(=O)C[C@H]2CCc3ccccc3C2)cccc1C(N)=O. The van der Waals surface area contributed by atoms with Crippen LogP contribution in [0.2, 0.25) is 0 Å². The van der Waals surface area contributed by atoms with Gasteiger partial charge >= 0.3 is 0 Å². The molecule has 0 aliphatic heterocycles. The van der Waals surface area contributed by atoms with E-state index in [-0.39, 0.29) is 5.91 Å². The first kappa shape index (κ1) is 16.2. The Morgan fingerprint density at radius 3 is 2.62 bits per heavy atom. The average Bonchev–Trinajstić information content (AvgIpc) is 2.56. The number of carbonyl (C=O) groups is 2. The lowest BCUT2D eigenvalue weighted by Gasteiger charge is -2.24. The Hall–Kier alpha value is -2.62. The van der Waals surface area contributed by atoms with Crippen LogP contribution in [0.5, 0.6) is 0 Å². The van der Waals surface area contributed by atoms with Gasteiger partial charge in [0.1, 0.15) is 0 Å². The second-order valence-corrected chi connectivity index (χ2v) is 6.47. The Morgan fingerprint density at radius 2 is 1.88 bits per heavy atom. The van der Waals surface area contributed by atoms with Gasteiger partial charge in [0, 0.05) is 17.7 Å². The van der Waals surface area contributed by atoms with E-state index in [0.29, 0.717) is 29.2 Å². The van der Waals surface area contributed by atoms with Gasteiger partial charge in [0.15, 0.2) is 0 Å². The number of nitrogens with one attached hydrogen (secondary N) is 1. The number of amides is 2. The van der Waals surface area contributed by atoms with Crippen LogP contribution in [0.4, 0.5) is 5.69 Å². The summed E-state index contributed by atoms with van der Waals surface area (Å²) in [6.07, 6.45) is 3.51. The highest BCUT2D eigenvalue weighted by Gasteiger charge is 2.21. The smallest absolute Gasteiger partial charge is 0.249 e. The number of fused-ring (bicyclic) bond motifs is 1. The van der Waals surface area contributed by atoms with Crippen LogP contribution in [0.1, 0.15) is 39.9 Å². The molecule has 2 amide bonds. The van der Waals surface area contributed by atoms with Crippen LogP contribution in [-0.4, -0.2) is 11.8 Å². The number of hydrogen-bond donors (Lipinski definition) is 2. The molecule has 24 heavy (non-hydrogen) atoms. The zero-order valence-electron chi connectivity index (χ0n) is 13.8. The van der Waals surface area contributed by atoms with Crippen LogP contribution < -0.4 is 11.1 Å². The van der Waals surface area contributed by atoms with Crippen LogP contribution in [0.25, 0.3) is 0 Å². The predicted molar refractivity (Wildman–Crippen MR) is 94.9 cm³/mol. The monoisotopic (exact) mass is 322 g/mol. The summed E-state index contributed by atoms with van der Waals surface area (Å²) >= 11 is 0. The summed E-state index contributed by atoms with van der Waals surface area (Å²) in [5, 5.41) is 2.93. The number of rotatable bonds is 4. The van der Waals surface area contributed by atoms with Crippen LogP contribution in [0, 0.1) is 12.8 Å². The highest BCUT2D eigenvalue weighted by Crippen LogP contribution is 2.28. The summed E-state index contributed by atoms with van der Waals surface area (Å²) in [4.78, 5) is 23.8. The first-order valence-electron chi connectivity index (χ1n) is 8.30. The van der Waals surface area contributed by atoms with Crippen molar-refractivity contribution in [1.29, 1.82) is 0 Å². The van der Waals surface area contributed by atoms with E-state index in [1.807, 2.05) is 0 Å². The molecular formula is C20H22N2O2. The number of hydrogen-bond acceptors (Lipinski definition) is 2. The van der Waals surface area contributed by atoms with Crippen molar-refractivity contribution in [1.82, 2.24) is 0 Å². The molecule has 4 heteroatoms. The molecule has 0 fully saturated rings. The van der Waals surface area contributed by atoms with Crippen molar-refractivity contribution in [3.8, 4) is 0 Å². The minimum atomic E-state index is -0.479. The molecule has 1 atom stereocenters. The third-order valence-electron chi connectivity index (χ3n) is 4.80. The summed E-state index contributed by atoms with van der Waals surface area (Å²) in [5.74, 6) is -0.129. The van der Waals surface area contributed by atoms with Gasteiger partial charge in [0.25, 0.3) is 0 Å². The fourth-order valence-electron chi connectivity index (χ4n) is 3.45. The zero-order chi connectivity index (χ0) is 17.1. The third-order valence-corrected chi connectivity index (χ3v) is 4.80. The Morgan fingerprint density at radius 1 is 1.12 bits per heavy atom. The van der Waals surface area contributed by atoms with Crippen LogP contribution >= 0.6 is 0 Å². The second-order valence-electron chi connectivity index (χ2n) is 6.47. The van der Waals surface area contributed by atoms with Crippen LogP contribution in [0.15, 0.2) is 42.5 Å². The molecule has 124 valence electrons. The largest absolute Gasteiger partial charge is 0.366 e. The molecule has 2 aromatic carbocycles. The Bertz CT molecular complexity index is 783. The lowest BCUT2D eigenvalue weighted by molar-refractivity contribution is -0.117. The minimum Gasteiger partial charge on any atom is -0.366 e. The molecule has 3 rings (SSSR count). The summed E-state index contributed by atoms with van der Waals surface area (Å²) in [6, 6.07) is 13.7. The summed E-state index contributed by atoms with van der Waals surface area (Å²) in [7, 11) is 0. The van der Waals surface area contributed by atoms with Crippen molar-refractivity contribution in [3.63, 3.8) is 0 Å². The van der Waals surface area contributed by atoms with Crippen molar-refractivity contribution in [2.45, 2.75) is 32.6 Å². The molecule has 0 aromatic heterocycles. The highest BCUT2D eigenvalue weighted by molar-refractivity contribution is 5.98. The molecule has 2 aromatic rings. The van der Waals surface area contributed by atoms with E-state index in [2.05, 4.69) is 29.6 Å². The van der Waals surface area contributed by atoms with Crippen molar-refractivity contribution in [2.24, 2.45) is 11.7 Å². The van der Waals surface area contributed by atoms with Crippen molar-refractivity contribution < 1.29 is 9.59 Å². The van der Waals surface area contributed by atoms with Gasteiger partial charge in [-0.15, -0.1) is 0 Å². The maximum Gasteiger partial charge on any atom is 0.249 e. The highest BCUT2D eigenvalue weighted by atomic mass is 16.2. The summed E-state index contributed by atoms with van der Waals surface area (Å²) in [6.45, 7) is 1.80. The maximum atomic E-state index is 12.4. The van der Waals surface area contributed by atoms with Gasteiger partial charge in [-0.05, 0) is 60.9 Å². The van der Waals surface area contributed by atoms with Crippen LogP contribution in [-0.2, 0) is 17.6 Å². The molecule has 0 saturated heterocycles. The molecule has 0 bridgehead atoms. The van der Waals surface area contributed by atoms with E-state index < -0.39 is 5.91 Å². The topological polar surface area (TPSA) is 72.2 Å². The number of carbonyl (C=O) groups excluding carboxylic acids is 2. The van der Waals surface area contributed by atoms with E-state index in [0.717, 1.165) is 19.3 Å². The molecule has 3 N–H and O–H groups in total. The molecule has 0 unspecified atom stereocenters. The van der Waals surface area contributed by atoms with Gasteiger partial charge in [-0.25, -0.2) is 0 Å². The fourth-order valence-corrected chi connectivity index (χ4v) is 3.45. The van der Waals surface area contributed by atoms with Crippen molar-refractivity contribution >= 4 is 17.5 Å².